The molecule has 1 saturated heterocycles. The number of piperidine rings is 1. The summed E-state index contributed by atoms with van der Waals surface area (Å²) in [5.74, 6) is -1.05. The van der Waals surface area contributed by atoms with Crippen molar-refractivity contribution in [3.8, 4) is 0 Å². The van der Waals surface area contributed by atoms with Crippen LogP contribution in [0.2, 0.25) is 0 Å². The molecule has 7 heteroatoms. The van der Waals surface area contributed by atoms with E-state index in [1.54, 1.807) is 0 Å². The van der Waals surface area contributed by atoms with E-state index in [4.69, 9.17) is 5.11 Å². The van der Waals surface area contributed by atoms with Crippen LogP contribution >= 0.6 is 0 Å². The molecular formula is C12H24N2O4S. The molecule has 1 fully saturated rings. The standard InChI is InChI=1S/C12H24N2O4S/c1-3-11(8-12(15)16)9-13-19(17,18)14-7-5-4-6-10(14)2/h10-11,13H,3-9H2,1-2H3,(H,15,16). The van der Waals surface area contributed by atoms with Crippen LogP contribution in [0.1, 0.15) is 46.0 Å². The second-order valence-electron chi connectivity index (χ2n) is 5.18. The normalized spacial score (nSPS) is 23.2. The molecule has 0 radical (unpaired) electrons. The van der Waals surface area contributed by atoms with E-state index >= 15 is 0 Å². The van der Waals surface area contributed by atoms with E-state index in [9.17, 15) is 13.2 Å². The SMILES string of the molecule is CCC(CNS(=O)(=O)N1CCCCC1C)CC(=O)O. The van der Waals surface area contributed by atoms with Gasteiger partial charge in [-0.05, 0) is 25.7 Å². The van der Waals surface area contributed by atoms with Crippen LogP contribution in [-0.2, 0) is 15.0 Å². The Morgan fingerprint density at radius 1 is 1.47 bits per heavy atom. The lowest BCUT2D eigenvalue weighted by Crippen LogP contribution is -2.48. The van der Waals surface area contributed by atoms with Gasteiger partial charge in [-0.3, -0.25) is 4.79 Å². The zero-order valence-corrected chi connectivity index (χ0v) is 12.4. The number of carboxylic acid groups (broad SMARTS) is 1. The lowest BCUT2D eigenvalue weighted by molar-refractivity contribution is -0.138. The largest absolute Gasteiger partial charge is 0.481 e. The zero-order valence-electron chi connectivity index (χ0n) is 11.6. The van der Waals surface area contributed by atoms with Gasteiger partial charge in [0.05, 0.1) is 0 Å². The maximum absolute atomic E-state index is 12.2. The molecule has 1 rings (SSSR count). The first-order valence-electron chi connectivity index (χ1n) is 6.85. The van der Waals surface area contributed by atoms with Crippen molar-refractivity contribution in [2.75, 3.05) is 13.1 Å². The van der Waals surface area contributed by atoms with Crippen molar-refractivity contribution in [3.63, 3.8) is 0 Å². The van der Waals surface area contributed by atoms with Crippen LogP contribution in [-0.4, -0.2) is 42.9 Å². The minimum atomic E-state index is -3.48. The van der Waals surface area contributed by atoms with Crippen molar-refractivity contribution in [1.29, 1.82) is 0 Å². The highest BCUT2D eigenvalue weighted by atomic mass is 32.2. The average Bonchev–Trinajstić information content (AvgIpc) is 2.34. The summed E-state index contributed by atoms with van der Waals surface area (Å²) in [6, 6.07) is 0.0193. The summed E-state index contributed by atoms with van der Waals surface area (Å²) >= 11 is 0. The van der Waals surface area contributed by atoms with Gasteiger partial charge in [0.1, 0.15) is 0 Å². The van der Waals surface area contributed by atoms with Crippen molar-refractivity contribution in [1.82, 2.24) is 9.03 Å². The fraction of sp³-hybridized carbons (Fsp3) is 0.917. The summed E-state index contributed by atoms with van der Waals surface area (Å²) in [6.45, 7) is 4.51. The number of nitrogens with zero attached hydrogens (tertiary/aromatic N) is 1. The van der Waals surface area contributed by atoms with Gasteiger partial charge in [-0.25, -0.2) is 4.72 Å². The molecule has 2 atom stereocenters. The first-order chi connectivity index (χ1) is 8.86. The quantitative estimate of drug-likeness (QED) is 0.738. The second kappa shape index (κ2) is 7.21. The lowest BCUT2D eigenvalue weighted by Gasteiger charge is -2.32. The zero-order chi connectivity index (χ0) is 14.5. The summed E-state index contributed by atoms with van der Waals surface area (Å²) in [6.07, 6.45) is 3.47. The predicted octanol–water partition coefficient (Wildman–Crippen LogP) is 1.20. The van der Waals surface area contributed by atoms with Crippen LogP contribution in [0.15, 0.2) is 0 Å². The van der Waals surface area contributed by atoms with Crippen LogP contribution in [0, 0.1) is 5.92 Å². The maximum atomic E-state index is 12.2. The molecule has 1 aliphatic rings. The van der Waals surface area contributed by atoms with Gasteiger partial charge < -0.3 is 5.11 Å². The first kappa shape index (κ1) is 16.4. The van der Waals surface area contributed by atoms with Crippen molar-refractivity contribution >= 4 is 16.2 Å². The molecular weight excluding hydrogens is 268 g/mol. The van der Waals surface area contributed by atoms with E-state index in [1.807, 2.05) is 13.8 Å². The molecule has 1 aliphatic heterocycles. The molecule has 19 heavy (non-hydrogen) atoms. The Balaban J connectivity index is 2.56. The van der Waals surface area contributed by atoms with E-state index in [2.05, 4.69) is 4.72 Å². The molecule has 112 valence electrons. The van der Waals surface area contributed by atoms with Gasteiger partial charge >= 0.3 is 5.97 Å². The molecule has 0 bridgehead atoms. The molecule has 0 saturated carbocycles. The number of hydrogen-bond acceptors (Lipinski definition) is 3. The fourth-order valence-electron chi connectivity index (χ4n) is 2.34. The average molecular weight is 292 g/mol. The Labute approximate surface area is 115 Å². The number of hydrogen-bond donors (Lipinski definition) is 2. The minimum absolute atomic E-state index is 0.00538. The monoisotopic (exact) mass is 292 g/mol. The van der Waals surface area contributed by atoms with Gasteiger partial charge in [-0.15, -0.1) is 0 Å². The molecule has 0 aliphatic carbocycles. The summed E-state index contributed by atoms with van der Waals surface area (Å²) in [5.41, 5.74) is 0. The molecule has 6 nitrogen and oxygen atoms in total. The molecule has 1 heterocycles. The van der Waals surface area contributed by atoms with Crippen molar-refractivity contribution in [3.05, 3.63) is 0 Å². The summed E-state index contributed by atoms with van der Waals surface area (Å²) < 4.78 is 28.4. The fourth-order valence-corrected chi connectivity index (χ4v) is 3.90. The lowest BCUT2D eigenvalue weighted by atomic mass is 10.0. The third-order valence-corrected chi connectivity index (χ3v) is 5.34. The van der Waals surface area contributed by atoms with Crippen LogP contribution in [0.4, 0.5) is 0 Å². The molecule has 0 aromatic rings. The van der Waals surface area contributed by atoms with E-state index in [0.717, 1.165) is 19.3 Å². The van der Waals surface area contributed by atoms with E-state index in [0.29, 0.717) is 13.0 Å². The van der Waals surface area contributed by atoms with Crippen molar-refractivity contribution in [2.45, 2.75) is 52.0 Å². The van der Waals surface area contributed by atoms with Crippen LogP contribution in [0.3, 0.4) is 0 Å². The van der Waals surface area contributed by atoms with Crippen molar-refractivity contribution in [2.24, 2.45) is 5.92 Å². The number of carbonyl (C=O) groups is 1. The highest BCUT2D eigenvalue weighted by molar-refractivity contribution is 7.87. The summed E-state index contributed by atoms with van der Waals surface area (Å²) in [4.78, 5) is 10.7. The number of nitrogens with one attached hydrogen (secondary N) is 1. The number of rotatable bonds is 7. The Morgan fingerprint density at radius 2 is 2.16 bits per heavy atom. The van der Waals surface area contributed by atoms with Gasteiger partial charge in [0.15, 0.2) is 0 Å². The van der Waals surface area contributed by atoms with Gasteiger partial charge in [-0.2, -0.15) is 12.7 Å². The molecule has 2 N–H and O–H groups in total. The number of aliphatic carboxylic acids is 1. The van der Waals surface area contributed by atoms with E-state index < -0.39 is 16.2 Å². The van der Waals surface area contributed by atoms with Gasteiger partial charge in [-0.1, -0.05) is 19.8 Å². The summed E-state index contributed by atoms with van der Waals surface area (Å²) in [5, 5.41) is 8.75. The molecule has 0 amide bonds. The third kappa shape index (κ3) is 5.08. The molecule has 0 aromatic carbocycles. The minimum Gasteiger partial charge on any atom is -0.481 e. The Hall–Kier alpha value is -0.660. The Bertz CT molecular complexity index is 397. The number of carboxylic acids is 1. The maximum Gasteiger partial charge on any atom is 0.303 e. The Morgan fingerprint density at radius 3 is 2.68 bits per heavy atom. The van der Waals surface area contributed by atoms with Crippen LogP contribution < -0.4 is 4.72 Å². The molecule has 0 aromatic heterocycles. The molecule has 0 spiro atoms. The highest BCUT2D eigenvalue weighted by Gasteiger charge is 2.29. The van der Waals surface area contributed by atoms with Gasteiger partial charge in [0.25, 0.3) is 10.2 Å². The van der Waals surface area contributed by atoms with Crippen LogP contribution in [0.5, 0.6) is 0 Å². The second-order valence-corrected chi connectivity index (χ2v) is 6.89. The highest BCUT2D eigenvalue weighted by Crippen LogP contribution is 2.19. The van der Waals surface area contributed by atoms with E-state index in [-0.39, 0.29) is 24.9 Å². The predicted molar refractivity (Wildman–Crippen MR) is 73.0 cm³/mol. The van der Waals surface area contributed by atoms with Gasteiger partial charge in [0, 0.05) is 25.6 Å². The molecule has 2 unspecified atom stereocenters. The summed E-state index contributed by atoms with van der Waals surface area (Å²) in [7, 11) is -3.48. The van der Waals surface area contributed by atoms with Crippen molar-refractivity contribution < 1.29 is 18.3 Å². The third-order valence-electron chi connectivity index (χ3n) is 3.65. The van der Waals surface area contributed by atoms with E-state index in [1.165, 1.54) is 4.31 Å². The van der Waals surface area contributed by atoms with Gasteiger partial charge in [0.2, 0.25) is 0 Å². The Kier molecular flexibility index (Phi) is 6.22. The first-order valence-corrected chi connectivity index (χ1v) is 8.29. The smallest absolute Gasteiger partial charge is 0.303 e. The van der Waals surface area contributed by atoms with Crippen LogP contribution in [0.25, 0.3) is 0 Å². The topological polar surface area (TPSA) is 86.7 Å².